The van der Waals surface area contributed by atoms with Crippen molar-refractivity contribution in [3.8, 4) is 0 Å². The van der Waals surface area contributed by atoms with E-state index < -0.39 is 15.8 Å². The Morgan fingerprint density at radius 2 is 2.21 bits per heavy atom. The summed E-state index contributed by atoms with van der Waals surface area (Å²) < 4.78 is 39.4. The maximum absolute atomic E-state index is 13.0. The van der Waals surface area contributed by atoms with Crippen molar-refractivity contribution in [2.24, 2.45) is 5.73 Å². The first-order valence-corrected chi connectivity index (χ1v) is 7.00. The van der Waals surface area contributed by atoms with Crippen LogP contribution in [0.5, 0.6) is 0 Å². The van der Waals surface area contributed by atoms with Crippen LogP contribution in [-0.2, 0) is 16.6 Å². The molecule has 1 aromatic heterocycles. The number of halogens is 2. The molecule has 0 fully saturated rings. The van der Waals surface area contributed by atoms with Gasteiger partial charge < -0.3 is 5.73 Å². The maximum Gasteiger partial charge on any atom is 0.279 e. The molecule has 0 aliphatic rings. The number of aromatic amines is 1. The Hall–Kier alpha value is -1.64. The second-order valence-electron chi connectivity index (χ2n) is 3.66. The minimum atomic E-state index is -3.87. The van der Waals surface area contributed by atoms with Gasteiger partial charge in [0.2, 0.25) is 0 Å². The van der Waals surface area contributed by atoms with Crippen molar-refractivity contribution in [1.29, 1.82) is 0 Å². The lowest BCUT2D eigenvalue weighted by Crippen LogP contribution is -2.16. The van der Waals surface area contributed by atoms with Crippen LogP contribution in [0.3, 0.4) is 0 Å². The molecule has 0 amide bonds. The molecule has 6 nitrogen and oxygen atoms in total. The molecule has 0 radical (unpaired) electrons. The summed E-state index contributed by atoms with van der Waals surface area (Å²) in [6, 6.07) is 3.50. The van der Waals surface area contributed by atoms with Crippen molar-refractivity contribution in [2.75, 3.05) is 4.72 Å². The molecule has 1 heterocycles. The molecule has 0 unspecified atom stereocenters. The van der Waals surface area contributed by atoms with Gasteiger partial charge in [-0.3, -0.25) is 9.82 Å². The van der Waals surface area contributed by atoms with Crippen LogP contribution in [0.15, 0.2) is 29.4 Å². The first-order valence-electron chi connectivity index (χ1n) is 5.14. The number of nitrogens with one attached hydrogen (secondary N) is 2. The van der Waals surface area contributed by atoms with Crippen molar-refractivity contribution in [2.45, 2.75) is 11.6 Å². The number of aromatic nitrogens is 2. The lowest BCUT2D eigenvalue weighted by Gasteiger charge is -2.08. The molecule has 0 atom stereocenters. The van der Waals surface area contributed by atoms with Gasteiger partial charge in [0.15, 0.2) is 5.03 Å². The van der Waals surface area contributed by atoms with Gasteiger partial charge in [-0.05, 0) is 18.2 Å². The minimum Gasteiger partial charge on any atom is -0.326 e. The summed E-state index contributed by atoms with van der Waals surface area (Å²) in [5, 5.41) is 5.67. The highest BCUT2D eigenvalue weighted by Gasteiger charge is 2.20. The predicted octanol–water partition coefficient (Wildman–Crippen LogP) is 1.46. The molecule has 2 aromatic rings. The third-order valence-electron chi connectivity index (χ3n) is 2.34. The lowest BCUT2D eigenvalue weighted by molar-refractivity contribution is 0.595. The van der Waals surface area contributed by atoms with Crippen LogP contribution in [0.25, 0.3) is 0 Å². The standard InChI is InChI=1S/C10H10ClFN4O2S/c11-8-3-7(1-2-9(8)12)16-19(17,18)10-6(4-13)5-14-15-10/h1-3,5,16H,4,13H2,(H,14,15). The SMILES string of the molecule is NCc1cn[nH]c1S(=O)(=O)Nc1ccc(F)c(Cl)c1. The maximum atomic E-state index is 13.0. The number of benzene rings is 1. The summed E-state index contributed by atoms with van der Waals surface area (Å²) in [5.74, 6) is -0.631. The molecule has 102 valence electrons. The second kappa shape index (κ2) is 5.16. The molecule has 0 spiro atoms. The third-order valence-corrected chi connectivity index (χ3v) is 4.02. The van der Waals surface area contributed by atoms with E-state index in [0.717, 1.165) is 6.07 Å². The van der Waals surface area contributed by atoms with Gasteiger partial charge in [-0.2, -0.15) is 13.5 Å². The molecule has 0 saturated heterocycles. The van der Waals surface area contributed by atoms with Gasteiger partial charge in [0.1, 0.15) is 5.82 Å². The van der Waals surface area contributed by atoms with Gasteiger partial charge >= 0.3 is 0 Å². The number of anilines is 1. The summed E-state index contributed by atoms with van der Waals surface area (Å²) >= 11 is 5.58. The number of nitrogens with two attached hydrogens (primary N) is 1. The summed E-state index contributed by atoms with van der Waals surface area (Å²) in [6.07, 6.45) is 1.33. The lowest BCUT2D eigenvalue weighted by atomic mass is 10.3. The molecular formula is C10H10ClFN4O2S. The zero-order valence-electron chi connectivity index (χ0n) is 9.52. The van der Waals surface area contributed by atoms with Crippen molar-refractivity contribution in [3.63, 3.8) is 0 Å². The van der Waals surface area contributed by atoms with E-state index in [9.17, 15) is 12.8 Å². The van der Waals surface area contributed by atoms with Crippen LogP contribution >= 0.6 is 11.6 Å². The summed E-state index contributed by atoms with van der Waals surface area (Å²) in [4.78, 5) is 0. The van der Waals surface area contributed by atoms with E-state index in [2.05, 4.69) is 14.9 Å². The fourth-order valence-corrected chi connectivity index (χ4v) is 2.82. The van der Waals surface area contributed by atoms with Gasteiger partial charge in [-0.15, -0.1) is 0 Å². The Bertz CT molecular complexity index is 701. The highest BCUT2D eigenvalue weighted by atomic mass is 35.5. The van der Waals surface area contributed by atoms with Crippen molar-refractivity contribution >= 4 is 27.3 Å². The van der Waals surface area contributed by atoms with Gasteiger partial charge in [0.25, 0.3) is 10.0 Å². The fourth-order valence-electron chi connectivity index (χ4n) is 1.44. The predicted molar refractivity (Wildman–Crippen MR) is 68.7 cm³/mol. The normalized spacial score (nSPS) is 11.5. The summed E-state index contributed by atoms with van der Waals surface area (Å²) in [6.45, 7) is 0.0247. The number of sulfonamides is 1. The summed E-state index contributed by atoms with van der Waals surface area (Å²) in [5.41, 5.74) is 5.90. The highest BCUT2D eigenvalue weighted by molar-refractivity contribution is 7.92. The Kier molecular flexibility index (Phi) is 3.74. The van der Waals surface area contributed by atoms with Crippen LogP contribution in [-0.4, -0.2) is 18.6 Å². The third kappa shape index (κ3) is 2.86. The quantitative estimate of drug-likeness (QED) is 0.796. The Morgan fingerprint density at radius 3 is 2.84 bits per heavy atom. The second-order valence-corrected chi connectivity index (χ2v) is 5.69. The first kappa shape index (κ1) is 13.8. The number of H-pyrrole nitrogens is 1. The van der Waals surface area contributed by atoms with Crippen LogP contribution < -0.4 is 10.5 Å². The zero-order valence-corrected chi connectivity index (χ0v) is 11.1. The number of hydrogen-bond acceptors (Lipinski definition) is 4. The Morgan fingerprint density at radius 1 is 1.47 bits per heavy atom. The van der Waals surface area contributed by atoms with Crippen molar-refractivity contribution in [3.05, 3.63) is 40.8 Å². The van der Waals surface area contributed by atoms with Gasteiger partial charge in [-0.1, -0.05) is 11.6 Å². The fraction of sp³-hybridized carbons (Fsp3) is 0.100. The summed E-state index contributed by atoms with van der Waals surface area (Å²) in [7, 11) is -3.87. The monoisotopic (exact) mass is 304 g/mol. The largest absolute Gasteiger partial charge is 0.326 e. The van der Waals surface area contributed by atoms with Gasteiger partial charge in [0, 0.05) is 12.1 Å². The number of hydrogen-bond donors (Lipinski definition) is 3. The average Bonchev–Trinajstić information content (AvgIpc) is 2.82. The van der Waals surface area contributed by atoms with E-state index in [1.807, 2.05) is 0 Å². The van der Waals surface area contributed by atoms with Crippen LogP contribution in [0.4, 0.5) is 10.1 Å². The van der Waals surface area contributed by atoms with E-state index in [4.69, 9.17) is 17.3 Å². The average molecular weight is 305 g/mol. The van der Waals surface area contributed by atoms with E-state index in [1.165, 1.54) is 18.3 Å². The molecule has 2 rings (SSSR count). The molecule has 9 heteroatoms. The van der Waals surface area contributed by atoms with Crippen LogP contribution in [0, 0.1) is 5.82 Å². The molecule has 0 aliphatic carbocycles. The molecule has 1 aromatic carbocycles. The molecule has 4 N–H and O–H groups in total. The van der Waals surface area contributed by atoms with Crippen LogP contribution in [0.2, 0.25) is 5.02 Å². The van der Waals surface area contributed by atoms with Crippen molar-refractivity contribution < 1.29 is 12.8 Å². The van der Waals surface area contributed by atoms with E-state index >= 15 is 0 Å². The molecular weight excluding hydrogens is 295 g/mol. The van der Waals surface area contributed by atoms with Gasteiger partial charge in [-0.25, -0.2) is 4.39 Å². The minimum absolute atomic E-state index is 0.0247. The zero-order chi connectivity index (χ0) is 14.0. The van der Waals surface area contributed by atoms with Gasteiger partial charge in [0.05, 0.1) is 16.9 Å². The highest BCUT2D eigenvalue weighted by Crippen LogP contribution is 2.22. The van der Waals surface area contributed by atoms with E-state index in [-0.39, 0.29) is 22.3 Å². The molecule has 0 aliphatic heterocycles. The van der Waals surface area contributed by atoms with E-state index in [0.29, 0.717) is 5.56 Å². The molecule has 19 heavy (non-hydrogen) atoms. The number of rotatable bonds is 4. The smallest absolute Gasteiger partial charge is 0.279 e. The Labute approximate surface area is 113 Å². The van der Waals surface area contributed by atoms with E-state index in [1.54, 1.807) is 0 Å². The van der Waals surface area contributed by atoms with Crippen molar-refractivity contribution in [1.82, 2.24) is 10.2 Å². The Balaban J connectivity index is 2.34. The topological polar surface area (TPSA) is 101 Å². The first-order chi connectivity index (χ1) is 8.94. The molecule has 0 saturated carbocycles. The number of nitrogens with zero attached hydrogens (tertiary/aromatic N) is 1. The molecule has 0 bridgehead atoms. The van der Waals surface area contributed by atoms with Crippen LogP contribution in [0.1, 0.15) is 5.56 Å².